The lowest BCUT2D eigenvalue weighted by molar-refractivity contribution is -0.139. The fourth-order valence-corrected chi connectivity index (χ4v) is 3.41. The number of amides is 2. The first-order chi connectivity index (χ1) is 12.7. The van der Waals surface area contributed by atoms with Crippen LogP contribution < -0.4 is 16.4 Å². The Morgan fingerprint density at radius 3 is 2.48 bits per heavy atom. The Morgan fingerprint density at radius 1 is 1.22 bits per heavy atom. The Balaban J connectivity index is 2.64. The van der Waals surface area contributed by atoms with Gasteiger partial charge < -0.3 is 26.6 Å². The minimum Gasteiger partial charge on any atom is -0.480 e. The van der Waals surface area contributed by atoms with E-state index in [1.165, 1.54) is 11.3 Å². The molecule has 1 aromatic rings. The molecule has 0 radical (unpaired) electrons. The summed E-state index contributed by atoms with van der Waals surface area (Å²) < 4.78 is 0. The molecule has 0 aliphatic carbocycles. The lowest BCUT2D eigenvalue weighted by Gasteiger charge is -2.17. The third kappa shape index (κ3) is 8.66. The van der Waals surface area contributed by atoms with Crippen molar-refractivity contribution in [3.05, 3.63) is 22.4 Å². The van der Waals surface area contributed by atoms with E-state index in [0.29, 0.717) is 4.88 Å². The molecule has 2 atom stereocenters. The zero-order valence-corrected chi connectivity index (χ0v) is 15.7. The lowest BCUT2D eigenvalue weighted by Crippen LogP contribution is -2.49. The van der Waals surface area contributed by atoms with Gasteiger partial charge in [0.05, 0.1) is 4.88 Å². The van der Waals surface area contributed by atoms with Gasteiger partial charge in [0.2, 0.25) is 16.9 Å². The molecule has 1 rings (SSSR count). The Bertz CT molecular complexity index is 694. The Labute approximate surface area is 162 Å². The molecule has 0 aliphatic heterocycles. The summed E-state index contributed by atoms with van der Waals surface area (Å²) in [4.78, 5) is 57.8. The van der Waals surface area contributed by atoms with Crippen LogP contribution in [0.25, 0.3) is 0 Å². The number of aliphatic carboxylic acids is 2. The third-order valence-corrected chi connectivity index (χ3v) is 5.15. The molecule has 2 amide bonds. The second kappa shape index (κ2) is 11.3. The Morgan fingerprint density at radius 2 is 1.93 bits per heavy atom. The highest BCUT2D eigenvalue weighted by atomic mass is 32.2. The van der Waals surface area contributed by atoms with Gasteiger partial charge in [-0.05, 0) is 17.9 Å². The van der Waals surface area contributed by atoms with Crippen molar-refractivity contribution in [3.8, 4) is 0 Å². The normalized spacial score (nSPS) is 12.6. The van der Waals surface area contributed by atoms with Gasteiger partial charge in [0.25, 0.3) is 0 Å². The first kappa shape index (κ1) is 22.6. The monoisotopic (exact) mass is 417 g/mol. The highest BCUT2D eigenvalue weighted by Gasteiger charge is 2.24. The number of thiophene rings is 1. The molecule has 0 aliphatic rings. The highest BCUT2D eigenvalue weighted by Crippen LogP contribution is 2.18. The molecular formula is C15H19N3O7S2. The molecule has 27 heavy (non-hydrogen) atoms. The van der Waals surface area contributed by atoms with Gasteiger partial charge in [0.1, 0.15) is 18.6 Å². The first-order valence-corrected chi connectivity index (χ1v) is 9.55. The minimum atomic E-state index is -1.26. The Kier molecular flexibility index (Phi) is 9.47. The number of carbonyl (C=O) groups excluding carboxylic acids is 3. The summed E-state index contributed by atoms with van der Waals surface area (Å²) in [5, 5.41) is 23.3. The summed E-state index contributed by atoms with van der Waals surface area (Å²) in [5.41, 5.74) is 5.32. The molecule has 0 spiro atoms. The maximum atomic E-state index is 12.1. The van der Waals surface area contributed by atoms with E-state index in [9.17, 15) is 24.0 Å². The van der Waals surface area contributed by atoms with Crippen LogP contribution in [0.3, 0.4) is 0 Å². The third-order valence-electron chi connectivity index (χ3n) is 3.17. The number of nitrogens with one attached hydrogen (secondary N) is 2. The average molecular weight is 417 g/mol. The second-order valence-electron chi connectivity index (χ2n) is 5.29. The maximum Gasteiger partial charge on any atom is 0.322 e. The van der Waals surface area contributed by atoms with E-state index in [1.54, 1.807) is 17.5 Å². The van der Waals surface area contributed by atoms with Gasteiger partial charge in [0.15, 0.2) is 0 Å². The van der Waals surface area contributed by atoms with Crippen molar-refractivity contribution in [2.24, 2.45) is 5.73 Å². The number of rotatable bonds is 11. The highest BCUT2D eigenvalue weighted by molar-refractivity contribution is 8.14. The fraction of sp³-hybridized carbons (Fsp3) is 0.400. The standard InChI is InChI=1S/C15H19N3O7S2/c16-8(14(23)24)3-4-11(19)18-9(13(22)17-6-12(20)21)7-27-15(25)10-2-1-5-26-10/h1-2,5,8-9H,3-4,6-7,16H2,(H,17,22)(H,18,19)(H,20,21)(H,23,24). The summed E-state index contributed by atoms with van der Waals surface area (Å²) in [7, 11) is 0. The number of thioether (sulfide) groups is 1. The molecule has 0 fully saturated rings. The van der Waals surface area contributed by atoms with Crippen molar-refractivity contribution >= 4 is 52.0 Å². The summed E-state index contributed by atoms with van der Waals surface area (Å²) in [6.45, 7) is -0.640. The van der Waals surface area contributed by atoms with Crippen LogP contribution in [0.4, 0.5) is 0 Å². The van der Waals surface area contributed by atoms with Crippen LogP contribution >= 0.6 is 23.1 Å². The number of carboxylic acids is 2. The summed E-state index contributed by atoms with van der Waals surface area (Å²) in [5.74, 6) is -4.02. The van der Waals surface area contributed by atoms with Gasteiger partial charge in [-0.2, -0.15) is 0 Å². The molecule has 0 bridgehead atoms. The molecule has 6 N–H and O–H groups in total. The predicted octanol–water partition coefficient (Wildman–Crippen LogP) is -0.501. The van der Waals surface area contributed by atoms with Gasteiger partial charge in [-0.25, -0.2) is 0 Å². The van der Waals surface area contributed by atoms with Crippen LogP contribution in [0.2, 0.25) is 0 Å². The molecule has 1 heterocycles. The number of carbonyl (C=O) groups is 5. The molecule has 1 aromatic heterocycles. The summed E-state index contributed by atoms with van der Waals surface area (Å²) in [6, 6.07) is 0.936. The van der Waals surface area contributed by atoms with Crippen molar-refractivity contribution in [1.29, 1.82) is 0 Å². The minimum absolute atomic E-state index is 0.112. The quantitative estimate of drug-likeness (QED) is 0.318. The van der Waals surface area contributed by atoms with E-state index in [1.807, 2.05) is 0 Å². The number of nitrogens with two attached hydrogens (primary N) is 1. The van der Waals surface area contributed by atoms with Crippen molar-refractivity contribution < 1.29 is 34.2 Å². The number of hydrogen-bond donors (Lipinski definition) is 5. The van der Waals surface area contributed by atoms with Gasteiger partial charge in [-0.1, -0.05) is 17.8 Å². The maximum absolute atomic E-state index is 12.1. The molecule has 10 nitrogen and oxygen atoms in total. The topological polar surface area (TPSA) is 176 Å². The average Bonchev–Trinajstić information content (AvgIpc) is 3.15. The van der Waals surface area contributed by atoms with Gasteiger partial charge in [-0.3, -0.25) is 24.0 Å². The zero-order valence-electron chi connectivity index (χ0n) is 14.0. The molecule has 2 unspecified atom stereocenters. The van der Waals surface area contributed by atoms with E-state index in [-0.39, 0.29) is 23.7 Å². The molecule has 148 valence electrons. The van der Waals surface area contributed by atoms with Gasteiger partial charge in [-0.15, -0.1) is 11.3 Å². The molecule has 12 heteroatoms. The van der Waals surface area contributed by atoms with Crippen LogP contribution in [-0.4, -0.2) is 63.5 Å². The zero-order chi connectivity index (χ0) is 20.4. The van der Waals surface area contributed by atoms with Crippen LogP contribution in [0, 0.1) is 0 Å². The molecular weight excluding hydrogens is 398 g/mol. The number of hydrogen-bond acceptors (Lipinski definition) is 8. The molecule has 0 aromatic carbocycles. The predicted molar refractivity (Wildman–Crippen MR) is 98.5 cm³/mol. The van der Waals surface area contributed by atoms with Crippen molar-refractivity contribution in [2.45, 2.75) is 24.9 Å². The lowest BCUT2D eigenvalue weighted by atomic mass is 10.1. The van der Waals surface area contributed by atoms with Crippen LogP contribution in [-0.2, 0) is 19.2 Å². The molecule has 0 saturated carbocycles. The Hall–Kier alpha value is -2.44. The van der Waals surface area contributed by atoms with Gasteiger partial charge >= 0.3 is 11.9 Å². The van der Waals surface area contributed by atoms with Gasteiger partial charge in [0, 0.05) is 12.2 Å². The number of carboxylic acid groups (broad SMARTS) is 2. The summed E-state index contributed by atoms with van der Waals surface area (Å²) in [6.07, 6.45) is -0.369. The van der Waals surface area contributed by atoms with Crippen molar-refractivity contribution in [1.82, 2.24) is 10.6 Å². The van der Waals surface area contributed by atoms with Crippen molar-refractivity contribution in [2.75, 3.05) is 12.3 Å². The van der Waals surface area contributed by atoms with Crippen LogP contribution in [0.1, 0.15) is 22.5 Å². The van der Waals surface area contributed by atoms with E-state index in [0.717, 1.165) is 11.8 Å². The van der Waals surface area contributed by atoms with E-state index >= 15 is 0 Å². The van der Waals surface area contributed by atoms with Crippen molar-refractivity contribution in [3.63, 3.8) is 0 Å². The molecule has 0 saturated heterocycles. The van der Waals surface area contributed by atoms with E-state index in [2.05, 4.69) is 10.6 Å². The second-order valence-corrected chi connectivity index (χ2v) is 7.23. The van der Waals surface area contributed by atoms with Crippen LogP contribution in [0.15, 0.2) is 17.5 Å². The SMILES string of the molecule is NC(CCC(=O)NC(CSC(=O)c1cccs1)C(=O)NCC(=O)O)C(=O)O. The van der Waals surface area contributed by atoms with Crippen LogP contribution in [0.5, 0.6) is 0 Å². The fourth-order valence-electron chi connectivity index (χ4n) is 1.77. The van der Waals surface area contributed by atoms with E-state index < -0.39 is 42.4 Å². The smallest absolute Gasteiger partial charge is 0.322 e. The largest absolute Gasteiger partial charge is 0.480 e. The van der Waals surface area contributed by atoms with E-state index in [4.69, 9.17) is 15.9 Å². The summed E-state index contributed by atoms with van der Waals surface area (Å²) >= 11 is 2.03. The first-order valence-electron chi connectivity index (χ1n) is 7.68.